The third-order valence-corrected chi connectivity index (χ3v) is 8.06. The number of carbonyl (C=O) groups excluding carboxylic acids is 2. The molecule has 4 aromatic rings. The number of benzene rings is 4. The Bertz CT molecular complexity index is 1570. The zero-order valence-electron chi connectivity index (χ0n) is 20.4. The molecule has 38 heavy (non-hydrogen) atoms. The van der Waals surface area contributed by atoms with Crippen molar-refractivity contribution in [2.75, 3.05) is 6.61 Å². The topological polar surface area (TPSA) is 55.8 Å². The van der Waals surface area contributed by atoms with Crippen LogP contribution in [-0.2, 0) is 17.9 Å². The van der Waals surface area contributed by atoms with Crippen molar-refractivity contribution in [1.29, 1.82) is 0 Å². The fraction of sp³-hybridized carbons (Fsp3) is 0.133. The molecule has 5 nitrogen and oxygen atoms in total. The van der Waals surface area contributed by atoms with Crippen LogP contribution < -0.4 is 9.47 Å². The second-order valence-corrected chi connectivity index (χ2v) is 11.2. The first kappa shape index (κ1) is 26.6. The average Bonchev–Trinajstić information content (AvgIpc) is 3.16. The van der Waals surface area contributed by atoms with E-state index in [9.17, 15) is 9.59 Å². The van der Waals surface area contributed by atoms with Gasteiger partial charge in [-0.05, 0) is 93.5 Å². The highest BCUT2D eigenvalue weighted by Crippen LogP contribution is 2.38. The van der Waals surface area contributed by atoms with E-state index in [0.29, 0.717) is 34.6 Å². The number of thioether (sulfide) groups is 1. The second-order valence-electron chi connectivity index (χ2n) is 8.59. The molecule has 1 fully saturated rings. The smallest absolute Gasteiger partial charge is 0.293 e. The standard InChI is InChI=1S/C30H23ClINO4S/c1-2-36-26-15-20(14-25(32)28(26)37-18-23-9-5-6-10-24(23)31)16-27-29(34)33(30(35)38-27)17-19-11-12-21-7-3-4-8-22(21)13-19/h3-16H,2,17-18H2,1H3/b27-16-. The minimum absolute atomic E-state index is 0.226. The lowest BCUT2D eigenvalue weighted by Gasteiger charge is -2.15. The number of nitrogens with zero attached hydrogens (tertiary/aromatic N) is 1. The molecule has 1 aliphatic rings. The Hall–Kier alpha value is -3.01. The Labute approximate surface area is 243 Å². The van der Waals surface area contributed by atoms with E-state index in [1.807, 2.05) is 85.8 Å². The van der Waals surface area contributed by atoms with Crippen molar-refractivity contribution >= 4 is 73.9 Å². The van der Waals surface area contributed by atoms with Crippen LogP contribution in [0.25, 0.3) is 16.8 Å². The molecular weight excluding hydrogens is 633 g/mol. The molecule has 4 aromatic carbocycles. The third-order valence-electron chi connectivity index (χ3n) is 5.99. The van der Waals surface area contributed by atoms with Gasteiger partial charge in [-0.25, -0.2) is 0 Å². The van der Waals surface area contributed by atoms with Gasteiger partial charge in [0.15, 0.2) is 11.5 Å². The van der Waals surface area contributed by atoms with Gasteiger partial charge >= 0.3 is 0 Å². The van der Waals surface area contributed by atoms with Crippen LogP contribution in [0, 0.1) is 3.57 Å². The predicted molar refractivity (Wildman–Crippen MR) is 162 cm³/mol. The summed E-state index contributed by atoms with van der Waals surface area (Å²) < 4.78 is 12.8. The van der Waals surface area contributed by atoms with Gasteiger partial charge in [0.25, 0.3) is 11.1 Å². The van der Waals surface area contributed by atoms with Gasteiger partial charge in [-0.2, -0.15) is 0 Å². The third kappa shape index (κ3) is 5.85. The molecule has 0 N–H and O–H groups in total. The first-order valence-corrected chi connectivity index (χ1v) is 14.3. The summed E-state index contributed by atoms with van der Waals surface area (Å²) in [6.07, 6.45) is 1.73. The van der Waals surface area contributed by atoms with E-state index in [0.717, 1.165) is 42.8 Å². The van der Waals surface area contributed by atoms with Crippen molar-refractivity contribution < 1.29 is 19.1 Å². The molecule has 8 heteroatoms. The van der Waals surface area contributed by atoms with Crippen LogP contribution in [0.15, 0.2) is 83.8 Å². The van der Waals surface area contributed by atoms with Crippen LogP contribution in [0.3, 0.4) is 0 Å². The lowest BCUT2D eigenvalue weighted by atomic mass is 10.1. The Balaban J connectivity index is 1.36. The zero-order valence-corrected chi connectivity index (χ0v) is 24.2. The molecule has 1 heterocycles. The maximum Gasteiger partial charge on any atom is 0.293 e. The van der Waals surface area contributed by atoms with Crippen molar-refractivity contribution in [2.45, 2.75) is 20.1 Å². The molecule has 5 rings (SSSR count). The number of imide groups is 1. The highest BCUT2D eigenvalue weighted by molar-refractivity contribution is 14.1. The summed E-state index contributed by atoms with van der Waals surface area (Å²) in [7, 11) is 0. The lowest BCUT2D eigenvalue weighted by Crippen LogP contribution is -2.27. The number of hydrogen-bond donors (Lipinski definition) is 0. The van der Waals surface area contributed by atoms with Crippen molar-refractivity contribution in [3.8, 4) is 11.5 Å². The van der Waals surface area contributed by atoms with Crippen molar-refractivity contribution in [1.82, 2.24) is 4.90 Å². The lowest BCUT2D eigenvalue weighted by molar-refractivity contribution is -0.123. The van der Waals surface area contributed by atoms with E-state index in [4.69, 9.17) is 21.1 Å². The van der Waals surface area contributed by atoms with Gasteiger partial charge in [0.1, 0.15) is 6.61 Å². The first-order valence-electron chi connectivity index (χ1n) is 12.0. The van der Waals surface area contributed by atoms with Crippen molar-refractivity contribution in [3.05, 3.63) is 109 Å². The van der Waals surface area contributed by atoms with E-state index in [1.54, 1.807) is 6.08 Å². The molecular formula is C30H23ClINO4S. The largest absolute Gasteiger partial charge is 0.490 e. The monoisotopic (exact) mass is 655 g/mol. The zero-order chi connectivity index (χ0) is 26.6. The number of halogens is 2. The summed E-state index contributed by atoms with van der Waals surface area (Å²) in [4.78, 5) is 27.6. The van der Waals surface area contributed by atoms with Crippen molar-refractivity contribution in [3.63, 3.8) is 0 Å². The fourth-order valence-corrected chi connectivity index (χ4v) is 5.96. The van der Waals surface area contributed by atoms with Crippen LogP contribution >= 0.6 is 46.0 Å². The minimum atomic E-state index is -0.305. The molecule has 0 unspecified atom stereocenters. The van der Waals surface area contributed by atoms with Gasteiger partial charge in [0, 0.05) is 10.6 Å². The molecule has 0 aliphatic carbocycles. The molecule has 2 amide bonds. The molecule has 1 aliphatic heterocycles. The van der Waals surface area contributed by atoms with Crippen molar-refractivity contribution in [2.24, 2.45) is 0 Å². The molecule has 0 saturated carbocycles. The van der Waals surface area contributed by atoms with E-state index in [1.165, 1.54) is 4.90 Å². The molecule has 1 saturated heterocycles. The Morgan fingerprint density at radius 2 is 1.71 bits per heavy atom. The summed E-state index contributed by atoms with van der Waals surface area (Å²) in [5, 5.41) is 2.54. The number of ether oxygens (including phenoxy) is 2. The maximum atomic E-state index is 13.2. The number of fused-ring (bicyclic) bond motifs is 1. The summed E-state index contributed by atoms with van der Waals surface area (Å²) in [5.41, 5.74) is 2.52. The Morgan fingerprint density at radius 1 is 0.947 bits per heavy atom. The molecule has 192 valence electrons. The Morgan fingerprint density at radius 3 is 2.50 bits per heavy atom. The first-order chi connectivity index (χ1) is 18.4. The number of hydrogen-bond acceptors (Lipinski definition) is 5. The molecule has 0 radical (unpaired) electrons. The molecule has 0 bridgehead atoms. The maximum absolute atomic E-state index is 13.2. The van der Waals surface area contributed by atoms with E-state index in [-0.39, 0.29) is 17.7 Å². The summed E-state index contributed by atoms with van der Waals surface area (Å²) in [6, 6.07) is 25.2. The number of carbonyl (C=O) groups is 2. The fourth-order valence-electron chi connectivity index (χ4n) is 4.15. The van der Waals surface area contributed by atoms with Crippen LogP contribution in [0.2, 0.25) is 5.02 Å². The SMILES string of the molecule is CCOc1cc(/C=C2\SC(=O)N(Cc3ccc4ccccc4c3)C2=O)cc(I)c1OCc1ccccc1Cl. The van der Waals surface area contributed by atoms with Crippen LogP contribution in [0.4, 0.5) is 4.79 Å². The van der Waals surface area contributed by atoms with E-state index in [2.05, 4.69) is 22.6 Å². The van der Waals surface area contributed by atoms with Gasteiger partial charge in [-0.1, -0.05) is 66.2 Å². The highest BCUT2D eigenvalue weighted by atomic mass is 127. The average molecular weight is 656 g/mol. The number of rotatable bonds is 8. The van der Waals surface area contributed by atoms with Gasteiger partial charge in [-0.15, -0.1) is 0 Å². The minimum Gasteiger partial charge on any atom is -0.490 e. The quantitative estimate of drug-likeness (QED) is 0.141. The van der Waals surface area contributed by atoms with Gasteiger partial charge in [-0.3, -0.25) is 14.5 Å². The van der Waals surface area contributed by atoms with Gasteiger partial charge in [0.2, 0.25) is 0 Å². The van der Waals surface area contributed by atoms with E-state index < -0.39 is 0 Å². The second kappa shape index (κ2) is 11.8. The molecule has 0 spiro atoms. The number of amides is 2. The van der Waals surface area contributed by atoms with Crippen LogP contribution in [0.1, 0.15) is 23.6 Å². The highest BCUT2D eigenvalue weighted by Gasteiger charge is 2.35. The van der Waals surface area contributed by atoms with Gasteiger partial charge in [0.05, 0.1) is 21.6 Å². The van der Waals surface area contributed by atoms with Crippen LogP contribution in [-0.4, -0.2) is 22.7 Å². The normalized spacial score (nSPS) is 14.5. The predicted octanol–water partition coefficient (Wildman–Crippen LogP) is 8.31. The summed E-state index contributed by atoms with van der Waals surface area (Å²) >= 11 is 9.41. The van der Waals surface area contributed by atoms with Crippen LogP contribution in [0.5, 0.6) is 11.5 Å². The molecule has 0 aromatic heterocycles. The molecule has 0 atom stereocenters. The van der Waals surface area contributed by atoms with E-state index >= 15 is 0 Å². The summed E-state index contributed by atoms with van der Waals surface area (Å²) in [5.74, 6) is 0.863. The van der Waals surface area contributed by atoms with Gasteiger partial charge < -0.3 is 9.47 Å². The Kier molecular flexibility index (Phi) is 8.26. The summed E-state index contributed by atoms with van der Waals surface area (Å²) in [6.45, 7) is 2.87.